The van der Waals surface area contributed by atoms with Crippen LogP contribution in [-0.4, -0.2) is 39.5 Å². The van der Waals surface area contributed by atoms with Crippen LogP contribution < -0.4 is 10.9 Å². The summed E-state index contributed by atoms with van der Waals surface area (Å²) in [7, 11) is 0. The molecule has 0 atom stereocenters. The summed E-state index contributed by atoms with van der Waals surface area (Å²) < 4.78 is 1.50. The number of thioether (sulfide) groups is 1. The van der Waals surface area contributed by atoms with Crippen LogP contribution in [0.5, 0.6) is 0 Å². The van der Waals surface area contributed by atoms with Crippen LogP contribution in [0.25, 0.3) is 10.9 Å². The predicted molar refractivity (Wildman–Crippen MR) is 90.3 cm³/mol. The fourth-order valence-electron chi connectivity index (χ4n) is 2.01. The Morgan fingerprint density at radius 3 is 2.96 bits per heavy atom. The van der Waals surface area contributed by atoms with E-state index in [2.05, 4.69) is 16.2 Å². The Morgan fingerprint density at radius 1 is 1.43 bits per heavy atom. The number of fused-ring (bicyclic) bond motifs is 1. The third kappa shape index (κ3) is 4.34. The monoisotopic (exact) mass is 331 g/mol. The largest absolute Gasteiger partial charge is 0.396 e. The molecule has 2 N–H and O–H groups in total. The van der Waals surface area contributed by atoms with Crippen molar-refractivity contribution in [3.63, 3.8) is 0 Å². The summed E-state index contributed by atoms with van der Waals surface area (Å²) in [6.07, 6.45) is 5.53. The summed E-state index contributed by atoms with van der Waals surface area (Å²) in [4.78, 5) is 28.7. The highest BCUT2D eigenvalue weighted by atomic mass is 32.2. The van der Waals surface area contributed by atoms with Crippen molar-refractivity contribution in [2.24, 2.45) is 0 Å². The van der Waals surface area contributed by atoms with Gasteiger partial charge in [0.05, 0.1) is 23.2 Å². The Morgan fingerprint density at radius 2 is 2.22 bits per heavy atom. The van der Waals surface area contributed by atoms with E-state index in [9.17, 15) is 9.59 Å². The number of nitrogens with zero attached hydrogens (tertiary/aromatic N) is 2. The van der Waals surface area contributed by atoms with Gasteiger partial charge in [-0.25, -0.2) is 4.98 Å². The Hall–Kier alpha value is -2.30. The number of aliphatic hydroxyl groups excluding tert-OH is 1. The fraction of sp³-hybridized carbons (Fsp3) is 0.312. The van der Waals surface area contributed by atoms with E-state index >= 15 is 0 Å². The molecule has 0 saturated heterocycles. The van der Waals surface area contributed by atoms with Crippen molar-refractivity contribution < 1.29 is 9.90 Å². The van der Waals surface area contributed by atoms with Crippen molar-refractivity contribution in [2.75, 3.05) is 18.9 Å². The third-order valence-electron chi connectivity index (χ3n) is 3.09. The number of nitrogens with one attached hydrogen (secondary N) is 1. The zero-order valence-electron chi connectivity index (χ0n) is 12.5. The first-order valence-corrected chi connectivity index (χ1v) is 8.09. The van der Waals surface area contributed by atoms with E-state index in [0.29, 0.717) is 29.0 Å². The van der Waals surface area contributed by atoms with Crippen molar-refractivity contribution >= 4 is 28.6 Å². The van der Waals surface area contributed by atoms with Gasteiger partial charge in [0.2, 0.25) is 5.91 Å². The Bertz CT molecular complexity index is 795. The summed E-state index contributed by atoms with van der Waals surface area (Å²) in [6, 6.07) is 7.06. The van der Waals surface area contributed by atoms with Gasteiger partial charge in [0.15, 0.2) is 5.16 Å². The molecule has 0 spiro atoms. The molecule has 1 aromatic heterocycles. The van der Waals surface area contributed by atoms with E-state index in [1.807, 2.05) is 0 Å². The number of hydrogen-bond acceptors (Lipinski definition) is 5. The third-order valence-corrected chi connectivity index (χ3v) is 4.06. The van der Waals surface area contributed by atoms with Gasteiger partial charge in [0, 0.05) is 13.2 Å². The standard InChI is InChI=1S/C16H17N3O3S/c1-2-8-17-14(21)11-23-16-18-13-7-4-3-6-12(13)15(22)19(16)9-5-10-20/h1,3-4,6-7,20H,5,8-11H2,(H,17,21). The molecule has 0 bridgehead atoms. The summed E-state index contributed by atoms with van der Waals surface area (Å²) in [5.74, 6) is 2.23. The van der Waals surface area contributed by atoms with E-state index in [1.165, 1.54) is 16.3 Å². The lowest BCUT2D eigenvalue weighted by molar-refractivity contribution is -0.118. The van der Waals surface area contributed by atoms with Gasteiger partial charge in [-0.05, 0) is 18.6 Å². The molecule has 1 heterocycles. The molecule has 1 aromatic carbocycles. The summed E-state index contributed by atoms with van der Waals surface area (Å²) in [5.41, 5.74) is 0.417. The number of terminal acetylenes is 1. The van der Waals surface area contributed by atoms with Gasteiger partial charge in [-0.3, -0.25) is 14.2 Å². The van der Waals surface area contributed by atoms with Crippen LogP contribution in [0.2, 0.25) is 0 Å². The number of aromatic nitrogens is 2. The van der Waals surface area contributed by atoms with Crippen LogP contribution in [0, 0.1) is 12.3 Å². The highest BCUT2D eigenvalue weighted by molar-refractivity contribution is 7.99. The topological polar surface area (TPSA) is 84.2 Å². The van der Waals surface area contributed by atoms with Crippen LogP contribution in [0.1, 0.15) is 6.42 Å². The van der Waals surface area contributed by atoms with Crippen LogP contribution in [0.15, 0.2) is 34.2 Å². The zero-order chi connectivity index (χ0) is 16.7. The van der Waals surface area contributed by atoms with E-state index in [-0.39, 0.29) is 30.4 Å². The van der Waals surface area contributed by atoms with Crippen LogP contribution in [0.3, 0.4) is 0 Å². The number of carbonyl (C=O) groups is 1. The zero-order valence-corrected chi connectivity index (χ0v) is 13.3. The van der Waals surface area contributed by atoms with Gasteiger partial charge < -0.3 is 10.4 Å². The lowest BCUT2D eigenvalue weighted by Crippen LogP contribution is -2.27. The SMILES string of the molecule is C#CCNC(=O)CSc1nc2ccccc2c(=O)n1CCCO. The molecule has 7 heteroatoms. The first-order chi connectivity index (χ1) is 11.2. The number of rotatable bonds is 7. The lowest BCUT2D eigenvalue weighted by atomic mass is 10.2. The van der Waals surface area contributed by atoms with Gasteiger partial charge >= 0.3 is 0 Å². The molecule has 0 aliphatic rings. The first-order valence-electron chi connectivity index (χ1n) is 7.10. The van der Waals surface area contributed by atoms with Crippen molar-refractivity contribution in [2.45, 2.75) is 18.1 Å². The number of hydrogen-bond donors (Lipinski definition) is 2. The van der Waals surface area contributed by atoms with Crippen LogP contribution in [0.4, 0.5) is 0 Å². The van der Waals surface area contributed by atoms with E-state index in [1.54, 1.807) is 24.3 Å². The number of carbonyl (C=O) groups excluding carboxylic acids is 1. The smallest absolute Gasteiger partial charge is 0.262 e. The second-order valence-electron chi connectivity index (χ2n) is 4.72. The fourth-order valence-corrected chi connectivity index (χ4v) is 2.87. The number of benzene rings is 1. The van der Waals surface area contributed by atoms with Crippen LogP contribution in [-0.2, 0) is 11.3 Å². The molecule has 23 heavy (non-hydrogen) atoms. The normalized spacial score (nSPS) is 10.4. The molecular formula is C16H17N3O3S. The van der Waals surface area contributed by atoms with Gasteiger partial charge in [-0.15, -0.1) is 6.42 Å². The summed E-state index contributed by atoms with van der Waals surface area (Å²) >= 11 is 1.17. The van der Waals surface area contributed by atoms with Gasteiger partial charge in [-0.1, -0.05) is 29.8 Å². The lowest BCUT2D eigenvalue weighted by Gasteiger charge is -2.12. The van der Waals surface area contributed by atoms with E-state index in [4.69, 9.17) is 11.5 Å². The molecule has 0 unspecified atom stereocenters. The summed E-state index contributed by atoms with van der Waals surface area (Å²) in [6.45, 7) is 0.495. The van der Waals surface area contributed by atoms with Crippen LogP contribution >= 0.6 is 11.8 Å². The number of aliphatic hydroxyl groups is 1. The molecule has 1 amide bonds. The molecule has 0 aliphatic heterocycles. The molecule has 0 saturated carbocycles. The Kier molecular flexibility index (Phi) is 6.20. The molecule has 2 aromatic rings. The minimum Gasteiger partial charge on any atom is -0.396 e. The highest BCUT2D eigenvalue weighted by Crippen LogP contribution is 2.17. The quantitative estimate of drug-likeness (QED) is 0.441. The summed E-state index contributed by atoms with van der Waals surface area (Å²) in [5, 5.41) is 12.6. The molecule has 0 fully saturated rings. The number of para-hydroxylation sites is 1. The van der Waals surface area contributed by atoms with Crippen molar-refractivity contribution in [3.05, 3.63) is 34.6 Å². The van der Waals surface area contributed by atoms with Gasteiger partial charge in [0.25, 0.3) is 5.56 Å². The Labute approximate surface area is 137 Å². The highest BCUT2D eigenvalue weighted by Gasteiger charge is 2.12. The van der Waals surface area contributed by atoms with E-state index in [0.717, 1.165) is 0 Å². The Balaban J connectivity index is 2.30. The maximum absolute atomic E-state index is 12.6. The molecular weight excluding hydrogens is 314 g/mol. The molecule has 2 rings (SSSR count). The minimum absolute atomic E-state index is 0.0218. The van der Waals surface area contributed by atoms with Crippen molar-refractivity contribution in [1.29, 1.82) is 0 Å². The predicted octanol–water partition coefficient (Wildman–Crippen LogP) is 0.620. The molecule has 0 radical (unpaired) electrons. The van der Waals surface area contributed by atoms with Gasteiger partial charge in [-0.2, -0.15) is 0 Å². The molecule has 0 aliphatic carbocycles. The second kappa shape index (κ2) is 8.36. The van der Waals surface area contributed by atoms with E-state index < -0.39 is 0 Å². The average molecular weight is 331 g/mol. The molecule has 120 valence electrons. The maximum atomic E-state index is 12.6. The van der Waals surface area contributed by atoms with Gasteiger partial charge in [0.1, 0.15) is 0 Å². The van der Waals surface area contributed by atoms with Crippen molar-refractivity contribution in [1.82, 2.24) is 14.9 Å². The first kappa shape index (κ1) is 17.1. The minimum atomic E-state index is -0.218. The average Bonchev–Trinajstić information content (AvgIpc) is 2.57. The second-order valence-corrected chi connectivity index (χ2v) is 5.66. The molecule has 6 nitrogen and oxygen atoms in total. The number of amides is 1. The van der Waals surface area contributed by atoms with Crippen molar-refractivity contribution in [3.8, 4) is 12.3 Å². The maximum Gasteiger partial charge on any atom is 0.262 e.